The molecule has 0 spiro atoms. The Kier molecular flexibility index (Phi) is 9.43. The van der Waals surface area contributed by atoms with Crippen LogP contribution in [-0.4, -0.2) is 55.2 Å². The number of pyridine rings is 1. The van der Waals surface area contributed by atoms with Crippen LogP contribution >= 0.6 is 23.2 Å². The van der Waals surface area contributed by atoms with E-state index in [9.17, 15) is 10.1 Å². The van der Waals surface area contributed by atoms with Crippen molar-refractivity contribution in [2.24, 2.45) is 0 Å². The van der Waals surface area contributed by atoms with Crippen LogP contribution < -0.4 is 15.4 Å². The van der Waals surface area contributed by atoms with E-state index in [0.717, 1.165) is 13.1 Å². The highest BCUT2D eigenvalue weighted by atomic mass is 35.5. The number of carbonyl (C=O) groups is 1. The van der Waals surface area contributed by atoms with Crippen LogP contribution in [0.25, 0.3) is 10.9 Å². The van der Waals surface area contributed by atoms with E-state index in [-0.39, 0.29) is 5.91 Å². The molecule has 0 bridgehead atoms. The highest BCUT2D eigenvalue weighted by Gasteiger charge is 2.19. The molecule has 1 amide bonds. The third-order valence-electron chi connectivity index (χ3n) is 6.09. The third-order valence-corrected chi connectivity index (χ3v) is 6.83. The van der Waals surface area contributed by atoms with E-state index in [1.807, 2.05) is 19.9 Å². The fourth-order valence-electron chi connectivity index (χ4n) is 4.21. The number of anilines is 3. The molecule has 1 aliphatic heterocycles. The minimum Gasteiger partial charge on any atom is -0.492 e. The Hall–Kier alpha value is -3.35. The number of nitriles is 1. The Morgan fingerprint density at radius 2 is 2.00 bits per heavy atom. The van der Waals surface area contributed by atoms with Crippen molar-refractivity contribution in [1.82, 2.24) is 9.88 Å². The second-order valence-electron chi connectivity index (χ2n) is 8.63. The summed E-state index contributed by atoms with van der Waals surface area (Å²) in [5.41, 5.74) is 3.40. The number of benzene rings is 2. The van der Waals surface area contributed by atoms with Crippen LogP contribution in [0.2, 0.25) is 10.0 Å². The molecule has 0 radical (unpaired) electrons. The van der Waals surface area contributed by atoms with Crippen molar-refractivity contribution < 1.29 is 14.3 Å². The molecular weight excluding hydrogens is 525 g/mol. The smallest absolute Gasteiger partial charge is 0.248 e. The summed E-state index contributed by atoms with van der Waals surface area (Å²) in [6, 6.07) is 11.0. The number of amides is 1. The van der Waals surface area contributed by atoms with E-state index in [0.29, 0.717) is 87.8 Å². The molecule has 1 fully saturated rings. The molecule has 38 heavy (non-hydrogen) atoms. The maximum atomic E-state index is 12.8. The number of nitrogens with zero attached hydrogens (tertiary/aromatic N) is 3. The summed E-state index contributed by atoms with van der Waals surface area (Å²) in [7, 11) is 0. The van der Waals surface area contributed by atoms with Crippen molar-refractivity contribution >= 4 is 57.1 Å². The van der Waals surface area contributed by atoms with Gasteiger partial charge in [-0.3, -0.25) is 14.7 Å². The van der Waals surface area contributed by atoms with Crippen LogP contribution in [0.5, 0.6) is 5.75 Å². The Labute approximate surface area is 232 Å². The molecule has 1 aromatic heterocycles. The van der Waals surface area contributed by atoms with E-state index < -0.39 is 0 Å². The van der Waals surface area contributed by atoms with Gasteiger partial charge < -0.3 is 20.1 Å². The van der Waals surface area contributed by atoms with Gasteiger partial charge in [0.25, 0.3) is 0 Å². The summed E-state index contributed by atoms with van der Waals surface area (Å²) in [5.74, 6) is 0.214. The molecule has 2 heterocycles. The van der Waals surface area contributed by atoms with Gasteiger partial charge >= 0.3 is 0 Å². The number of fused-ring (bicyclic) bond motifs is 1. The highest BCUT2D eigenvalue weighted by Crippen LogP contribution is 2.38. The second kappa shape index (κ2) is 12.9. The molecule has 0 unspecified atom stereocenters. The number of aryl methyl sites for hydroxylation is 1. The lowest BCUT2D eigenvalue weighted by molar-refractivity contribution is -0.111. The number of hydrogen-bond donors (Lipinski definition) is 2. The molecule has 0 aliphatic carbocycles. The fourth-order valence-corrected chi connectivity index (χ4v) is 4.50. The molecular formula is C28H29Cl2N5O3. The number of carbonyl (C=O) groups excluding carboxylic acids is 1. The molecule has 1 saturated heterocycles. The van der Waals surface area contributed by atoms with Gasteiger partial charge in [-0.25, -0.2) is 0 Å². The monoisotopic (exact) mass is 553 g/mol. The summed E-state index contributed by atoms with van der Waals surface area (Å²) < 4.78 is 11.2. The lowest BCUT2D eigenvalue weighted by atomic mass is 10.0. The molecule has 4 rings (SSSR count). The molecule has 198 valence electrons. The zero-order valence-corrected chi connectivity index (χ0v) is 22.8. The van der Waals surface area contributed by atoms with E-state index in [4.69, 9.17) is 37.7 Å². The number of rotatable bonds is 9. The number of aromatic nitrogens is 1. The minimum absolute atomic E-state index is 0.281. The van der Waals surface area contributed by atoms with Gasteiger partial charge in [0.2, 0.25) is 5.91 Å². The lowest BCUT2D eigenvalue weighted by Crippen LogP contribution is -2.36. The SMILES string of the molecule is CCOc1cc2nc(CC)c(C#N)c(Nc3ccc(Cl)c(Cl)c3)c2cc1NC(=O)/C=C/CN1CCOCC1. The van der Waals surface area contributed by atoms with Crippen molar-refractivity contribution in [3.63, 3.8) is 0 Å². The van der Waals surface area contributed by atoms with Crippen LogP contribution in [0, 0.1) is 11.3 Å². The topological polar surface area (TPSA) is 99.5 Å². The Balaban J connectivity index is 1.72. The zero-order chi connectivity index (χ0) is 27.1. The van der Waals surface area contributed by atoms with Gasteiger partial charge in [-0.1, -0.05) is 36.2 Å². The van der Waals surface area contributed by atoms with Gasteiger partial charge in [0.1, 0.15) is 11.8 Å². The van der Waals surface area contributed by atoms with E-state index in [2.05, 4.69) is 21.6 Å². The quantitative estimate of drug-likeness (QED) is 0.316. The summed E-state index contributed by atoms with van der Waals surface area (Å²) in [6.07, 6.45) is 3.91. The van der Waals surface area contributed by atoms with E-state index in [1.54, 1.807) is 30.3 Å². The van der Waals surface area contributed by atoms with Crippen molar-refractivity contribution in [3.8, 4) is 11.8 Å². The van der Waals surface area contributed by atoms with Gasteiger partial charge in [0.15, 0.2) is 0 Å². The third kappa shape index (κ3) is 6.55. The summed E-state index contributed by atoms with van der Waals surface area (Å²) in [4.78, 5) is 19.8. The van der Waals surface area contributed by atoms with Gasteiger partial charge in [-0.15, -0.1) is 0 Å². The van der Waals surface area contributed by atoms with E-state index in [1.165, 1.54) is 6.08 Å². The first kappa shape index (κ1) is 27.7. The van der Waals surface area contributed by atoms with Gasteiger partial charge in [0, 0.05) is 42.9 Å². The van der Waals surface area contributed by atoms with Crippen molar-refractivity contribution in [2.45, 2.75) is 20.3 Å². The number of morpholine rings is 1. The first-order chi connectivity index (χ1) is 18.4. The van der Waals surface area contributed by atoms with Gasteiger partial charge in [-0.2, -0.15) is 5.26 Å². The average Bonchev–Trinajstić information content (AvgIpc) is 2.91. The molecule has 10 heteroatoms. The molecule has 0 atom stereocenters. The highest BCUT2D eigenvalue weighted by molar-refractivity contribution is 6.42. The fraction of sp³-hybridized carbons (Fsp3) is 0.321. The molecule has 8 nitrogen and oxygen atoms in total. The maximum Gasteiger partial charge on any atom is 0.248 e. The number of hydrogen-bond acceptors (Lipinski definition) is 7. The Bertz CT molecular complexity index is 1400. The molecule has 2 aromatic carbocycles. The molecule has 2 N–H and O–H groups in total. The van der Waals surface area contributed by atoms with Crippen molar-refractivity contribution in [1.29, 1.82) is 5.26 Å². The minimum atomic E-state index is -0.281. The largest absolute Gasteiger partial charge is 0.492 e. The average molecular weight is 554 g/mol. The van der Waals surface area contributed by atoms with Crippen LogP contribution in [-0.2, 0) is 16.0 Å². The first-order valence-electron chi connectivity index (χ1n) is 12.5. The second-order valence-corrected chi connectivity index (χ2v) is 9.45. The molecule has 1 aliphatic rings. The van der Waals surface area contributed by atoms with Crippen LogP contribution in [0.1, 0.15) is 25.1 Å². The number of nitrogens with one attached hydrogen (secondary N) is 2. The summed E-state index contributed by atoms with van der Waals surface area (Å²) >= 11 is 12.3. The van der Waals surface area contributed by atoms with Crippen LogP contribution in [0.15, 0.2) is 42.5 Å². The predicted molar refractivity (Wildman–Crippen MR) is 152 cm³/mol. The van der Waals surface area contributed by atoms with Gasteiger partial charge in [0.05, 0.1) is 58.0 Å². The van der Waals surface area contributed by atoms with E-state index >= 15 is 0 Å². The summed E-state index contributed by atoms with van der Waals surface area (Å²) in [6.45, 7) is 7.98. The first-order valence-corrected chi connectivity index (χ1v) is 13.2. The summed E-state index contributed by atoms with van der Waals surface area (Å²) in [5, 5.41) is 17.8. The zero-order valence-electron chi connectivity index (χ0n) is 21.3. The van der Waals surface area contributed by atoms with Crippen LogP contribution in [0.4, 0.5) is 17.1 Å². The van der Waals surface area contributed by atoms with Crippen molar-refractivity contribution in [2.75, 3.05) is 50.1 Å². The maximum absolute atomic E-state index is 12.8. The Morgan fingerprint density at radius 1 is 1.21 bits per heavy atom. The standard InChI is InChI=1S/C28H29Cl2N5O3/c1-3-23-20(17-31)28(32-18-7-8-21(29)22(30)14-18)19-15-25(26(38-4-2)16-24(19)33-23)34-27(36)6-5-9-35-10-12-37-13-11-35/h5-8,14-16H,3-4,9-13H2,1-2H3,(H,32,33)(H,34,36)/b6-5+. The predicted octanol–water partition coefficient (Wildman–Crippen LogP) is 5.94. The molecule has 0 saturated carbocycles. The number of ether oxygens (including phenoxy) is 2. The van der Waals surface area contributed by atoms with Gasteiger partial charge in [-0.05, 0) is 37.6 Å². The molecule has 3 aromatic rings. The normalized spacial score (nSPS) is 14.0. The Morgan fingerprint density at radius 3 is 2.68 bits per heavy atom. The number of halogens is 2. The van der Waals surface area contributed by atoms with Crippen molar-refractivity contribution in [3.05, 3.63) is 63.8 Å². The lowest BCUT2D eigenvalue weighted by Gasteiger charge is -2.25. The van der Waals surface area contributed by atoms with Crippen LogP contribution in [0.3, 0.4) is 0 Å².